The zero-order valence-electron chi connectivity index (χ0n) is 10.8. The second-order valence-corrected chi connectivity index (χ2v) is 4.09. The first-order valence-corrected chi connectivity index (χ1v) is 6.17. The predicted octanol–water partition coefficient (Wildman–Crippen LogP) is 3.35. The van der Waals surface area contributed by atoms with Crippen molar-refractivity contribution in [3.8, 4) is 11.5 Å². The van der Waals surface area contributed by atoms with Gasteiger partial charge in [-0.3, -0.25) is 4.79 Å². The highest BCUT2D eigenvalue weighted by Gasteiger charge is 2.01. The molecule has 0 bridgehead atoms. The summed E-state index contributed by atoms with van der Waals surface area (Å²) in [5.74, 6) is 1.54. The fourth-order valence-corrected chi connectivity index (χ4v) is 1.64. The number of carbonyl (C=O) groups excluding carboxylic acids is 1. The van der Waals surface area contributed by atoms with Gasteiger partial charge in [0, 0.05) is 5.56 Å². The van der Waals surface area contributed by atoms with E-state index in [0.29, 0.717) is 24.5 Å². The maximum Gasteiger partial charge on any atom is 0.159 e. The lowest BCUT2D eigenvalue weighted by atomic mass is 10.1. The minimum Gasteiger partial charge on any atom is -0.490 e. The molecule has 0 radical (unpaired) electrons. The molecule has 0 aromatic heterocycles. The second kappa shape index (κ2) is 6.59. The first-order chi connectivity index (χ1) is 9.25. The van der Waals surface area contributed by atoms with Crippen LogP contribution in [-0.4, -0.2) is 19.0 Å². The van der Waals surface area contributed by atoms with Gasteiger partial charge in [0.05, 0.1) is 0 Å². The van der Waals surface area contributed by atoms with Crippen LogP contribution in [0, 0.1) is 0 Å². The minimum absolute atomic E-state index is 0.0333. The van der Waals surface area contributed by atoms with Gasteiger partial charge in [0.1, 0.15) is 24.7 Å². The Labute approximate surface area is 112 Å². The fourth-order valence-electron chi connectivity index (χ4n) is 1.64. The van der Waals surface area contributed by atoms with E-state index >= 15 is 0 Å². The van der Waals surface area contributed by atoms with Gasteiger partial charge in [-0.15, -0.1) is 0 Å². The van der Waals surface area contributed by atoms with Crippen molar-refractivity contribution in [3.63, 3.8) is 0 Å². The van der Waals surface area contributed by atoms with Gasteiger partial charge in [-0.05, 0) is 31.2 Å². The number of para-hydroxylation sites is 1. The first-order valence-electron chi connectivity index (χ1n) is 6.17. The number of benzene rings is 2. The van der Waals surface area contributed by atoms with Gasteiger partial charge in [0.25, 0.3) is 0 Å². The molecule has 98 valence electrons. The Hall–Kier alpha value is -2.29. The van der Waals surface area contributed by atoms with Gasteiger partial charge >= 0.3 is 0 Å². The van der Waals surface area contributed by atoms with Gasteiger partial charge in [-0.1, -0.05) is 30.3 Å². The summed E-state index contributed by atoms with van der Waals surface area (Å²) >= 11 is 0. The summed E-state index contributed by atoms with van der Waals surface area (Å²) < 4.78 is 11.1. The van der Waals surface area contributed by atoms with Crippen LogP contribution in [-0.2, 0) is 0 Å². The van der Waals surface area contributed by atoms with Crippen molar-refractivity contribution in [1.29, 1.82) is 0 Å². The molecule has 3 heteroatoms. The summed E-state index contributed by atoms with van der Waals surface area (Å²) in [5.41, 5.74) is 0.654. The molecule has 0 aliphatic rings. The smallest absolute Gasteiger partial charge is 0.159 e. The van der Waals surface area contributed by atoms with Gasteiger partial charge in [-0.25, -0.2) is 0 Å². The third-order valence-corrected chi connectivity index (χ3v) is 2.60. The van der Waals surface area contributed by atoms with Crippen LogP contribution in [0.25, 0.3) is 0 Å². The minimum atomic E-state index is 0.0333. The molecule has 0 heterocycles. The van der Waals surface area contributed by atoms with Crippen molar-refractivity contribution in [2.45, 2.75) is 6.92 Å². The van der Waals surface area contributed by atoms with Crippen LogP contribution in [0.1, 0.15) is 17.3 Å². The monoisotopic (exact) mass is 256 g/mol. The molecule has 0 N–H and O–H groups in total. The highest BCUT2D eigenvalue weighted by Crippen LogP contribution is 2.14. The standard InChI is InChI=1S/C16H16O3/c1-13(17)14-6-5-9-16(12-14)19-11-10-18-15-7-3-2-4-8-15/h2-9,12H,10-11H2,1H3. The van der Waals surface area contributed by atoms with E-state index in [-0.39, 0.29) is 5.78 Å². The number of hydrogen-bond acceptors (Lipinski definition) is 3. The summed E-state index contributed by atoms with van der Waals surface area (Å²) in [4.78, 5) is 11.2. The number of rotatable bonds is 6. The lowest BCUT2D eigenvalue weighted by Crippen LogP contribution is -2.09. The Morgan fingerprint density at radius 3 is 2.21 bits per heavy atom. The maximum atomic E-state index is 11.2. The topological polar surface area (TPSA) is 35.5 Å². The van der Waals surface area contributed by atoms with Crippen molar-refractivity contribution in [3.05, 3.63) is 60.2 Å². The van der Waals surface area contributed by atoms with Crippen LogP contribution in [0.3, 0.4) is 0 Å². The van der Waals surface area contributed by atoms with Crippen molar-refractivity contribution < 1.29 is 14.3 Å². The SMILES string of the molecule is CC(=O)c1cccc(OCCOc2ccccc2)c1. The largest absolute Gasteiger partial charge is 0.490 e. The molecule has 0 spiro atoms. The molecule has 19 heavy (non-hydrogen) atoms. The lowest BCUT2D eigenvalue weighted by molar-refractivity contribution is 0.101. The van der Waals surface area contributed by atoms with Crippen LogP contribution in [0.4, 0.5) is 0 Å². The van der Waals surface area contributed by atoms with E-state index < -0.39 is 0 Å². The van der Waals surface area contributed by atoms with Crippen LogP contribution >= 0.6 is 0 Å². The van der Waals surface area contributed by atoms with E-state index in [0.717, 1.165) is 5.75 Å². The Balaban J connectivity index is 1.80. The van der Waals surface area contributed by atoms with Crippen LogP contribution in [0.2, 0.25) is 0 Å². The lowest BCUT2D eigenvalue weighted by Gasteiger charge is -2.08. The molecule has 0 unspecified atom stereocenters. The molecule has 0 saturated heterocycles. The highest BCUT2D eigenvalue weighted by molar-refractivity contribution is 5.94. The van der Waals surface area contributed by atoms with E-state index in [9.17, 15) is 4.79 Å². The molecule has 2 rings (SSSR count). The number of carbonyl (C=O) groups is 1. The van der Waals surface area contributed by atoms with E-state index in [2.05, 4.69) is 0 Å². The number of ketones is 1. The number of ether oxygens (including phenoxy) is 2. The fraction of sp³-hybridized carbons (Fsp3) is 0.188. The summed E-state index contributed by atoms with van der Waals surface area (Å²) in [6, 6.07) is 16.7. The molecule has 3 nitrogen and oxygen atoms in total. The quantitative estimate of drug-likeness (QED) is 0.587. The van der Waals surface area contributed by atoms with Gasteiger partial charge < -0.3 is 9.47 Å². The zero-order chi connectivity index (χ0) is 13.5. The van der Waals surface area contributed by atoms with Gasteiger partial charge in [0.15, 0.2) is 5.78 Å². The Morgan fingerprint density at radius 2 is 1.53 bits per heavy atom. The molecule has 0 aliphatic carbocycles. The summed E-state index contributed by atoms with van der Waals surface area (Å²) in [6.07, 6.45) is 0. The van der Waals surface area contributed by atoms with E-state index in [1.807, 2.05) is 42.5 Å². The first kappa shape index (κ1) is 13.1. The predicted molar refractivity (Wildman–Crippen MR) is 73.9 cm³/mol. The van der Waals surface area contributed by atoms with Crippen molar-refractivity contribution in [2.24, 2.45) is 0 Å². The molecule has 2 aromatic carbocycles. The van der Waals surface area contributed by atoms with E-state index in [4.69, 9.17) is 9.47 Å². The van der Waals surface area contributed by atoms with Crippen LogP contribution in [0.5, 0.6) is 11.5 Å². The summed E-state index contributed by atoms with van der Waals surface area (Å²) in [7, 11) is 0. The van der Waals surface area contributed by atoms with Crippen molar-refractivity contribution in [2.75, 3.05) is 13.2 Å². The number of Topliss-reactive ketones (excluding diaryl/α,β-unsaturated/α-hetero) is 1. The Morgan fingerprint density at radius 1 is 0.895 bits per heavy atom. The van der Waals surface area contributed by atoms with E-state index in [1.165, 1.54) is 6.92 Å². The highest BCUT2D eigenvalue weighted by atomic mass is 16.5. The summed E-state index contributed by atoms with van der Waals surface area (Å²) in [5, 5.41) is 0. The summed E-state index contributed by atoms with van der Waals surface area (Å²) in [6.45, 7) is 2.45. The average molecular weight is 256 g/mol. The van der Waals surface area contributed by atoms with E-state index in [1.54, 1.807) is 12.1 Å². The molecule has 0 amide bonds. The van der Waals surface area contributed by atoms with Crippen molar-refractivity contribution in [1.82, 2.24) is 0 Å². The molecular weight excluding hydrogens is 240 g/mol. The van der Waals surface area contributed by atoms with Gasteiger partial charge in [-0.2, -0.15) is 0 Å². The molecular formula is C16H16O3. The third-order valence-electron chi connectivity index (χ3n) is 2.60. The van der Waals surface area contributed by atoms with Gasteiger partial charge in [0.2, 0.25) is 0 Å². The molecule has 0 saturated carbocycles. The zero-order valence-corrected chi connectivity index (χ0v) is 10.8. The number of hydrogen-bond donors (Lipinski definition) is 0. The Bertz CT molecular complexity index is 535. The second-order valence-electron chi connectivity index (χ2n) is 4.09. The van der Waals surface area contributed by atoms with Crippen LogP contribution < -0.4 is 9.47 Å². The Kier molecular flexibility index (Phi) is 4.56. The maximum absolute atomic E-state index is 11.2. The average Bonchev–Trinajstić information content (AvgIpc) is 2.45. The molecule has 0 atom stereocenters. The van der Waals surface area contributed by atoms with Crippen LogP contribution in [0.15, 0.2) is 54.6 Å². The molecule has 2 aromatic rings. The molecule has 0 aliphatic heterocycles. The normalized spacial score (nSPS) is 9.95. The van der Waals surface area contributed by atoms with Crippen molar-refractivity contribution >= 4 is 5.78 Å². The molecule has 0 fully saturated rings. The third kappa shape index (κ3) is 4.14.